The first-order valence-electron chi connectivity index (χ1n) is 8.39. The van der Waals surface area contributed by atoms with Gasteiger partial charge < -0.3 is 10.1 Å². The number of halogens is 1. The lowest BCUT2D eigenvalue weighted by Gasteiger charge is -2.19. The van der Waals surface area contributed by atoms with E-state index in [2.05, 4.69) is 5.32 Å². The van der Waals surface area contributed by atoms with E-state index in [0.29, 0.717) is 5.75 Å². The van der Waals surface area contributed by atoms with Crippen molar-refractivity contribution < 1.29 is 17.9 Å². The summed E-state index contributed by atoms with van der Waals surface area (Å²) in [6.45, 7) is 3.58. The predicted molar refractivity (Wildman–Crippen MR) is 107 cm³/mol. The maximum Gasteiger partial charge on any atom is 0.243 e. The number of sulfonamides is 1. The van der Waals surface area contributed by atoms with Gasteiger partial charge in [0.1, 0.15) is 5.75 Å². The molecule has 2 rings (SSSR count). The van der Waals surface area contributed by atoms with Gasteiger partial charge in [0.05, 0.1) is 23.6 Å². The molecule has 0 aliphatic carbocycles. The van der Waals surface area contributed by atoms with Crippen LogP contribution in [0.3, 0.4) is 0 Å². The topological polar surface area (TPSA) is 75.7 Å². The van der Waals surface area contributed by atoms with Crippen molar-refractivity contribution in [2.24, 2.45) is 0 Å². The molecule has 0 saturated carbocycles. The van der Waals surface area contributed by atoms with Crippen LogP contribution in [-0.2, 0) is 21.2 Å². The third kappa shape index (κ3) is 4.80. The summed E-state index contributed by atoms with van der Waals surface area (Å²) in [5.74, 6) is -0.0349. The highest BCUT2D eigenvalue weighted by atomic mass is 35.5. The minimum absolute atomic E-state index is 0.00580. The lowest BCUT2D eigenvalue weighted by molar-refractivity contribution is -0.116. The van der Waals surface area contributed by atoms with Crippen molar-refractivity contribution in [3.8, 4) is 5.75 Å². The molecule has 6 nitrogen and oxygen atoms in total. The van der Waals surface area contributed by atoms with Crippen LogP contribution in [0.25, 0.3) is 0 Å². The number of anilines is 1. The molecule has 1 amide bonds. The number of benzene rings is 2. The molecule has 0 atom stereocenters. The van der Waals surface area contributed by atoms with Crippen LogP contribution in [0.1, 0.15) is 18.1 Å². The second-order valence-electron chi connectivity index (χ2n) is 6.07. The van der Waals surface area contributed by atoms with Gasteiger partial charge in [-0.2, -0.15) is 4.31 Å². The molecule has 0 spiro atoms. The summed E-state index contributed by atoms with van der Waals surface area (Å²) < 4.78 is 31.4. The summed E-state index contributed by atoms with van der Waals surface area (Å²) in [5.41, 5.74) is 2.65. The number of nitrogens with one attached hydrogen (secondary N) is 1. The van der Waals surface area contributed by atoms with Crippen LogP contribution in [0.5, 0.6) is 5.75 Å². The van der Waals surface area contributed by atoms with Crippen LogP contribution in [0.4, 0.5) is 5.69 Å². The van der Waals surface area contributed by atoms with Gasteiger partial charge >= 0.3 is 0 Å². The SMILES string of the molecule is CCc1cccc(C)c1NC(=O)CN(C)S(=O)(=O)c1ccc(OC)c(Cl)c1. The molecule has 0 heterocycles. The van der Waals surface area contributed by atoms with Crippen molar-refractivity contribution in [1.82, 2.24) is 4.31 Å². The Labute approximate surface area is 165 Å². The van der Waals surface area contributed by atoms with E-state index in [0.717, 1.165) is 27.5 Å². The summed E-state index contributed by atoms with van der Waals surface area (Å²) >= 11 is 6.02. The third-order valence-electron chi connectivity index (χ3n) is 4.20. The van der Waals surface area contributed by atoms with Crippen molar-refractivity contribution in [2.75, 3.05) is 26.0 Å². The second-order valence-corrected chi connectivity index (χ2v) is 8.52. The number of aryl methyl sites for hydroxylation is 2. The molecule has 1 N–H and O–H groups in total. The fraction of sp³-hybridized carbons (Fsp3) is 0.316. The molecule has 0 saturated heterocycles. The molecule has 0 fully saturated rings. The van der Waals surface area contributed by atoms with Gasteiger partial charge in [0.25, 0.3) is 0 Å². The predicted octanol–water partition coefficient (Wildman–Crippen LogP) is 3.48. The van der Waals surface area contributed by atoms with E-state index >= 15 is 0 Å². The van der Waals surface area contributed by atoms with Gasteiger partial charge in [-0.05, 0) is 42.7 Å². The van der Waals surface area contributed by atoms with Crippen molar-refractivity contribution in [3.05, 3.63) is 52.5 Å². The van der Waals surface area contributed by atoms with Crippen LogP contribution in [-0.4, -0.2) is 39.3 Å². The second kappa shape index (κ2) is 8.73. The first-order chi connectivity index (χ1) is 12.7. The number of para-hydroxylation sites is 1. The Balaban J connectivity index is 2.17. The maximum atomic E-state index is 12.7. The highest BCUT2D eigenvalue weighted by Crippen LogP contribution is 2.28. The lowest BCUT2D eigenvalue weighted by atomic mass is 10.1. The molecule has 0 aromatic heterocycles. The molecule has 146 valence electrons. The van der Waals surface area contributed by atoms with E-state index in [1.54, 1.807) is 0 Å². The van der Waals surface area contributed by atoms with E-state index < -0.39 is 15.9 Å². The zero-order chi connectivity index (χ0) is 20.2. The average molecular weight is 411 g/mol. The van der Waals surface area contributed by atoms with E-state index in [-0.39, 0.29) is 16.5 Å². The molecule has 8 heteroatoms. The summed E-state index contributed by atoms with van der Waals surface area (Å²) in [6.07, 6.45) is 0.760. The van der Waals surface area contributed by atoms with Crippen LogP contribution in [0, 0.1) is 6.92 Å². The van der Waals surface area contributed by atoms with Gasteiger partial charge in [-0.3, -0.25) is 4.79 Å². The summed E-state index contributed by atoms with van der Waals surface area (Å²) in [6, 6.07) is 9.93. The number of likely N-dealkylation sites (N-methyl/N-ethyl adjacent to an activating group) is 1. The summed E-state index contributed by atoms with van der Waals surface area (Å²) in [4.78, 5) is 12.4. The Hall–Kier alpha value is -2.09. The Morgan fingerprint density at radius 2 is 1.96 bits per heavy atom. The van der Waals surface area contributed by atoms with Crippen molar-refractivity contribution in [2.45, 2.75) is 25.2 Å². The van der Waals surface area contributed by atoms with Gasteiger partial charge in [0.2, 0.25) is 15.9 Å². The van der Waals surface area contributed by atoms with Crippen LogP contribution >= 0.6 is 11.6 Å². The Kier molecular flexibility index (Phi) is 6.86. The van der Waals surface area contributed by atoms with Crippen molar-refractivity contribution >= 4 is 33.2 Å². The lowest BCUT2D eigenvalue weighted by Crippen LogP contribution is -2.35. The fourth-order valence-corrected chi connectivity index (χ4v) is 4.13. The zero-order valence-corrected chi connectivity index (χ0v) is 17.3. The van der Waals surface area contributed by atoms with Gasteiger partial charge in [-0.15, -0.1) is 0 Å². The molecule has 0 aliphatic rings. The zero-order valence-electron chi connectivity index (χ0n) is 15.7. The molecule has 2 aromatic carbocycles. The van der Waals surface area contributed by atoms with E-state index in [1.807, 2.05) is 32.0 Å². The maximum absolute atomic E-state index is 12.7. The molecule has 2 aromatic rings. The third-order valence-corrected chi connectivity index (χ3v) is 6.30. The van der Waals surface area contributed by atoms with E-state index in [4.69, 9.17) is 16.3 Å². The molecular weight excluding hydrogens is 388 g/mol. The van der Waals surface area contributed by atoms with E-state index in [1.165, 1.54) is 32.4 Å². The monoisotopic (exact) mass is 410 g/mol. The Bertz CT molecular complexity index is 945. The normalized spacial score (nSPS) is 11.5. The number of ether oxygens (including phenoxy) is 1. The average Bonchev–Trinajstić information content (AvgIpc) is 2.63. The number of hydrogen-bond acceptors (Lipinski definition) is 4. The number of carbonyl (C=O) groups excluding carboxylic acids is 1. The number of methoxy groups -OCH3 is 1. The van der Waals surface area contributed by atoms with Crippen molar-refractivity contribution in [3.63, 3.8) is 0 Å². The van der Waals surface area contributed by atoms with E-state index in [9.17, 15) is 13.2 Å². The highest BCUT2D eigenvalue weighted by molar-refractivity contribution is 7.89. The fourth-order valence-electron chi connectivity index (χ4n) is 2.66. The number of rotatable bonds is 7. The molecule has 0 radical (unpaired) electrons. The van der Waals surface area contributed by atoms with Gasteiger partial charge in [0, 0.05) is 12.7 Å². The largest absolute Gasteiger partial charge is 0.495 e. The number of nitrogens with zero attached hydrogens (tertiary/aromatic N) is 1. The quantitative estimate of drug-likeness (QED) is 0.758. The highest BCUT2D eigenvalue weighted by Gasteiger charge is 2.24. The summed E-state index contributed by atoms with van der Waals surface area (Å²) in [7, 11) is -1.07. The molecular formula is C19H23ClN2O4S. The van der Waals surface area contributed by atoms with Crippen LogP contribution < -0.4 is 10.1 Å². The Morgan fingerprint density at radius 3 is 2.56 bits per heavy atom. The minimum Gasteiger partial charge on any atom is -0.495 e. The summed E-state index contributed by atoms with van der Waals surface area (Å²) in [5, 5.41) is 3.01. The number of amides is 1. The van der Waals surface area contributed by atoms with Gasteiger partial charge in [-0.1, -0.05) is 36.7 Å². The molecule has 0 aliphatic heterocycles. The number of carbonyl (C=O) groups is 1. The Morgan fingerprint density at radius 1 is 1.26 bits per heavy atom. The van der Waals surface area contributed by atoms with Crippen LogP contribution in [0.2, 0.25) is 5.02 Å². The first-order valence-corrected chi connectivity index (χ1v) is 10.2. The van der Waals surface area contributed by atoms with Gasteiger partial charge in [0.15, 0.2) is 0 Å². The van der Waals surface area contributed by atoms with Crippen LogP contribution in [0.15, 0.2) is 41.3 Å². The molecule has 0 bridgehead atoms. The van der Waals surface area contributed by atoms with Crippen molar-refractivity contribution in [1.29, 1.82) is 0 Å². The standard InChI is InChI=1S/C19H23ClN2O4S/c1-5-14-8-6-7-13(2)19(14)21-18(23)12-22(3)27(24,25)15-9-10-17(26-4)16(20)11-15/h6-11H,5,12H2,1-4H3,(H,21,23). The van der Waals surface area contributed by atoms with Gasteiger partial charge in [-0.25, -0.2) is 8.42 Å². The molecule has 27 heavy (non-hydrogen) atoms. The first kappa shape index (κ1) is 21.2. The number of hydrogen-bond donors (Lipinski definition) is 1. The minimum atomic E-state index is -3.87. The smallest absolute Gasteiger partial charge is 0.243 e. The molecule has 0 unspecified atom stereocenters.